The molecule has 11 heteroatoms. The van der Waals surface area contributed by atoms with Crippen molar-refractivity contribution in [2.75, 3.05) is 26.2 Å². The Hall–Kier alpha value is -3.08. The Morgan fingerprint density at radius 1 is 1.22 bits per heavy atom. The van der Waals surface area contributed by atoms with Crippen LogP contribution in [0.2, 0.25) is 0 Å². The third-order valence-electron chi connectivity index (χ3n) is 7.83. The quantitative estimate of drug-likeness (QED) is 0.609. The van der Waals surface area contributed by atoms with Crippen molar-refractivity contribution < 1.29 is 23.1 Å². The van der Waals surface area contributed by atoms with Crippen LogP contribution < -0.4 is 10.1 Å². The highest BCUT2D eigenvalue weighted by molar-refractivity contribution is 5.83. The molecule has 37 heavy (non-hydrogen) atoms. The first-order valence-corrected chi connectivity index (χ1v) is 13.1. The maximum absolute atomic E-state index is 13.7. The lowest BCUT2D eigenvalue weighted by Gasteiger charge is -2.42. The summed E-state index contributed by atoms with van der Waals surface area (Å²) >= 11 is 0. The van der Waals surface area contributed by atoms with Crippen molar-refractivity contribution in [3.05, 3.63) is 40.2 Å². The van der Waals surface area contributed by atoms with Crippen molar-refractivity contribution in [2.45, 2.75) is 70.6 Å². The number of alkyl halides is 2. The van der Waals surface area contributed by atoms with Crippen molar-refractivity contribution in [3.8, 4) is 5.75 Å². The Morgan fingerprint density at radius 3 is 2.76 bits per heavy atom. The Labute approximate surface area is 215 Å². The van der Waals surface area contributed by atoms with Crippen molar-refractivity contribution in [1.82, 2.24) is 30.1 Å². The van der Waals surface area contributed by atoms with E-state index in [0.717, 1.165) is 53.6 Å². The molecule has 9 nitrogen and oxygen atoms in total. The third-order valence-corrected chi connectivity index (χ3v) is 7.83. The number of aromatic nitrogens is 3. The second kappa shape index (κ2) is 10.7. The van der Waals surface area contributed by atoms with Crippen LogP contribution in [0.3, 0.4) is 0 Å². The number of likely N-dealkylation sites (tertiary alicyclic amines) is 1. The van der Waals surface area contributed by atoms with Crippen LogP contribution in [0.4, 0.5) is 8.78 Å². The zero-order valence-electron chi connectivity index (χ0n) is 21.4. The van der Waals surface area contributed by atoms with E-state index in [1.165, 1.54) is 7.05 Å². The molecule has 0 saturated carbocycles. The molecule has 1 N–H and O–H groups in total. The first kappa shape index (κ1) is 25.6. The third kappa shape index (κ3) is 5.05. The van der Waals surface area contributed by atoms with Gasteiger partial charge in [-0.25, -0.2) is 13.5 Å². The van der Waals surface area contributed by atoms with Crippen LogP contribution in [0.1, 0.15) is 72.6 Å². The SMILES string of the molecule is Cc1ccc(OCc2nnn(C)c2C(F)F)c2c1CCN(C(=O)[C@@H]1CCCCN1)[C@@H]2CN1CCCC1=O. The molecule has 0 aliphatic carbocycles. The smallest absolute Gasteiger partial charge is 0.282 e. The average Bonchev–Trinajstić information content (AvgIpc) is 3.48. The fraction of sp³-hybridized carbons (Fsp3) is 0.615. The molecule has 2 aromatic rings. The van der Waals surface area contributed by atoms with Crippen molar-refractivity contribution in [3.63, 3.8) is 0 Å². The Balaban J connectivity index is 1.49. The number of carbonyl (C=O) groups is 2. The summed E-state index contributed by atoms with van der Waals surface area (Å²) < 4.78 is 34.3. The topological polar surface area (TPSA) is 92.6 Å². The van der Waals surface area contributed by atoms with E-state index in [0.29, 0.717) is 38.2 Å². The van der Waals surface area contributed by atoms with Gasteiger partial charge in [0.25, 0.3) is 6.43 Å². The Bertz CT molecular complexity index is 1160. The van der Waals surface area contributed by atoms with Crippen LogP contribution in [-0.2, 0) is 29.7 Å². The van der Waals surface area contributed by atoms with E-state index in [1.54, 1.807) is 0 Å². The molecule has 2 atom stereocenters. The number of hydrogen-bond donors (Lipinski definition) is 1. The number of rotatable bonds is 7. The molecule has 4 heterocycles. The summed E-state index contributed by atoms with van der Waals surface area (Å²) in [7, 11) is 1.43. The fourth-order valence-electron chi connectivity index (χ4n) is 5.86. The average molecular weight is 517 g/mol. The number of piperidine rings is 1. The van der Waals surface area contributed by atoms with Gasteiger partial charge in [0, 0.05) is 38.7 Å². The Morgan fingerprint density at radius 2 is 2.05 bits per heavy atom. The van der Waals surface area contributed by atoms with Crippen LogP contribution in [-0.4, -0.2) is 68.8 Å². The number of benzene rings is 1. The highest BCUT2D eigenvalue weighted by atomic mass is 19.3. The van der Waals surface area contributed by atoms with Gasteiger partial charge in [-0.05, 0) is 56.3 Å². The highest BCUT2D eigenvalue weighted by Gasteiger charge is 2.39. The second-order valence-corrected chi connectivity index (χ2v) is 10.2. The van der Waals surface area contributed by atoms with Crippen LogP contribution in [0, 0.1) is 6.92 Å². The molecule has 5 rings (SSSR count). The lowest BCUT2D eigenvalue weighted by molar-refractivity contribution is -0.139. The number of amides is 2. The van der Waals surface area contributed by atoms with Gasteiger partial charge in [-0.15, -0.1) is 5.10 Å². The van der Waals surface area contributed by atoms with Gasteiger partial charge in [-0.2, -0.15) is 0 Å². The van der Waals surface area contributed by atoms with Gasteiger partial charge in [0.2, 0.25) is 11.8 Å². The zero-order chi connectivity index (χ0) is 26.1. The van der Waals surface area contributed by atoms with Gasteiger partial charge in [-0.3, -0.25) is 9.59 Å². The van der Waals surface area contributed by atoms with E-state index >= 15 is 0 Å². The summed E-state index contributed by atoms with van der Waals surface area (Å²) in [5, 5.41) is 11.0. The van der Waals surface area contributed by atoms with E-state index < -0.39 is 6.43 Å². The van der Waals surface area contributed by atoms with Crippen LogP contribution in [0.5, 0.6) is 5.75 Å². The van der Waals surface area contributed by atoms with Gasteiger partial charge in [0.1, 0.15) is 23.7 Å². The molecule has 2 fully saturated rings. The van der Waals surface area contributed by atoms with E-state index in [1.807, 2.05) is 28.9 Å². The first-order valence-electron chi connectivity index (χ1n) is 13.1. The summed E-state index contributed by atoms with van der Waals surface area (Å²) in [4.78, 5) is 30.1. The molecule has 1 aromatic heterocycles. The summed E-state index contributed by atoms with van der Waals surface area (Å²) in [6, 6.07) is 3.16. The lowest BCUT2D eigenvalue weighted by atomic mass is 9.87. The maximum Gasteiger partial charge on any atom is 0.282 e. The normalized spacial score (nSPS) is 22.0. The molecule has 3 aliphatic rings. The molecule has 3 aliphatic heterocycles. The summed E-state index contributed by atoms with van der Waals surface area (Å²) in [6.45, 7) is 4.27. The van der Waals surface area contributed by atoms with Crippen LogP contribution >= 0.6 is 0 Å². The van der Waals surface area contributed by atoms with Crippen LogP contribution in [0.15, 0.2) is 12.1 Å². The summed E-state index contributed by atoms with van der Waals surface area (Å²) in [6.07, 6.45) is 2.09. The van der Waals surface area contributed by atoms with E-state index in [9.17, 15) is 18.4 Å². The number of ether oxygens (including phenoxy) is 1. The first-order chi connectivity index (χ1) is 17.8. The molecule has 0 bridgehead atoms. The lowest BCUT2D eigenvalue weighted by Crippen LogP contribution is -2.53. The predicted octanol–water partition coefficient (Wildman–Crippen LogP) is 2.83. The highest BCUT2D eigenvalue weighted by Crippen LogP contribution is 2.40. The molecule has 0 unspecified atom stereocenters. The predicted molar refractivity (Wildman–Crippen MR) is 131 cm³/mol. The number of aryl methyl sites for hydroxylation is 2. The minimum absolute atomic E-state index is 0.0448. The molecular weight excluding hydrogens is 482 g/mol. The van der Waals surface area contributed by atoms with Gasteiger partial charge in [0.05, 0.1) is 12.1 Å². The van der Waals surface area contributed by atoms with Gasteiger partial charge in [-0.1, -0.05) is 17.7 Å². The van der Waals surface area contributed by atoms with Gasteiger partial charge in [0.15, 0.2) is 0 Å². The van der Waals surface area contributed by atoms with E-state index in [4.69, 9.17) is 4.74 Å². The molecule has 1 aromatic carbocycles. The molecule has 200 valence electrons. The minimum atomic E-state index is -2.73. The number of halogens is 2. The number of hydrogen-bond acceptors (Lipinski definition) is 6. The largest absolute Gasteiger partial charge is 0.487 e. The maximum atomic E-state index is 13.7. The van der Waals surface area contributed by atoms with Gasteiger partial charge >= 0.3 is 0 Å². The minimum Gasteiger partial charge on any atom is -0.487 e. The van der Waals surface area contributed by atoms with Crippen LogP contribution in [0.25, 0.3) is 0 Å². The second-order valence-electron chi connectivity index (χ2n) is 10.2. The standard InChI is InChI=1S/C26H34F2N6O3/c1-16-8-9-21(37-15-19-24(25(27)28)32(2)31-30-19)23-17(16)10-13-34(26(36)18-6-3-4-11-29-18)20(23)14-33-12-5-7-22(33)35/h8-9,18,20,25,29H,3-7,10-15H2,1-2H3/t18-,20+/m0/s1. The van der Waals surface area contributed by atoms with E-state index in [2.05, 4.69) is 15.6 Å². The van der Waals surface area contributed by atoms with E-state index in [-0.39, 0.29) is 41.9 Å². The summed E-state index contributed by atoms with van der Waals surface area (Å²) in [5.74, 6) is 0.659. The number of fused-ring (bicyclic) bond motifs is 1. The number of nitrogens with one attached hydrogen (secondary N) is 1. The molecule has 2 saturated heterocycles. The molecular formula is C26H34F2N6O3. The fourth-order valence-corrected chi connectivity index (χ4v) is 5.86. The van der Waals surface area contributed by atoms with Crippen molar-refractivity contribution in [1.29, 1.82) is 0 Å². The Kier molecular flexibility index (Phi) is 7.41. The number of carbonyl (C=O) groups excluding carboxylic acids is 2. The number of nitrogens with zero attached hydrogens (tertiary/aromatic N) is 5. The molecule has 2 amide bonds. The molecule has 0 radical (unpaired) electrons. The monoisotopic (exact) mass is 516 g/mol. The van der Waals surface area contributed by atoms with Crippen molar-refractivity contribution in [2.24, 2.45) is 7.05 Å². The summed E-state index contributed by atoms with van der Waals surface area (Å²) in [5.41, 5.74) is 2.82. The molecule has 0 spiro atoms. The zero-order valence-corrected chi connectivity index (χ0v) is 21.4. The van der Waals surface area contributed by atoms with Gasteiger partial charge < -0.3 is 19.9 Å². The van der Waals surface area contributed by atoms with Crippen molar-refractivity contribution >= 4 is 11.8 Å².